The normalized spacial score (nSPS) is 11.2. The molecule has 10 heteroatoms. The molecule has 0 aliphatic heterocycles. The van der Waals surface area contributed by atoms with Gasteiger partial charge < -0.3 is 9.88 Å². The Morgan fingerprint density at radius 1 is 1.33 bits per heavy atom. The summed E-state index contributed by atoms with van der Waals surface area (Å²) in [6, 6.07) is 2.55. The molecule has 2 heterocycles. The van der Waals surface area contributed by atoms with Gasteiger partial charge in [0, 0.05) is 26.4 Å². The summed E-state index contributed by atoms with van der Waals surface area (Å²) in [5, 5.41) is 2.54. The summed E-state index contributed by atoms with van der Waals surface area (Å²) in [6.07, 6.45) is 2.47. The number of rotatable bonds is 4. The maximum absolute atomic E-state index is 12.2. The van der Waals surface area contributed by atoms with Crippen LogP contribution in [0.3, 0.4) is 0 Å². The zero-order valence-electron chi connectivity index (χ0n) is 11.2. The van der Waals surface area contributed by atoms with Crippen molar-refractivity contribution in [1.82, 2.24) is 19.9 Å². The third-order valence-corrected chi connectivity index (χ3v) is 4.15. The van der Waals surface area contributed by atoms with E-state index in [9.17, 15) is 13.2 Å². The standard InChI is InChI=1S/C11H12ClN5O3S/c1-13-11(18)8-3-7(5-17(8)2)21(19,20)16-10-4-9(12)14-6-15-10/h3-6H,1-2H3,(H,13,18)(H,14,15,16). The minimum absolute atomic E-state index is 0.0420. The number of sulfonamides is 1. The number of hydrogen-bond donors (Lipinski definition) is 2. The van der Waals surface area contributed by atoms with Gasteiger partial charge in [-0.1, -0.05) is 11.6 Å². The van der Waals surface area contributed by atoms with Gasteiger partial charge >= 0.3 is 0 Å². The number of aryl methyl sites for hydroxylation is 1. The highest BCUT2D eigenvalue weighted by molar-refractivity contribution is 7.92. The average molecular weight is 330 g/mol. The summed E-state index contributed by atoms with van der Waals surface area (Å²) in [4.78, 5) is 19.0. The number of amides is 1. The molecule has 0 unspecified atom stereocenters. The van der Waals surface area contributed by atoms with Crippen LogP contribution < -0.4 is 10.0 Å². The van der Waals surface area contributed by atoms with Crippen LogP contribution in [0.25, 0.3) is 0 Å². The van der Waals surface area contributed by atoms with Crippen molar-refractivity contribution in [2.45, 2.75) is 4.90 Å². The van der Waals surface area contributed by atoms with Crippen LogP contribution in [0.4, 0.5) is 5.82 Å². The van der Waals surface area contributed by atoms with Crippen molar-refractivity contribution in [2.24, 2.45) is 7.05 Å². The zero-order valence-corrected chi connectivity index (χ0v) is 12.7. The molecule has 2 rings (SSSR count). The molecule has 0 aliphatic carbocycles. The van der Waals surface area contributed by atoms with E-state index >= 15 is 0 Å². The van der Waals surface area contributed by atoms with E-state index in [0.29, 0.717) is 0 Å². The lowest BCUT2D eigenvalue weighted by Gasteiger charge is -2.04. The van der Waals surface area contributed by atoms with Crippen molar-refractivity contribution in [3.8, 4) is 0 Å². The van der Waals surface area contributed by atoms with E-state index in [0.717, 1.165) is 6.33 Å². The van der Waals surface area contributed by atoms with Gasteiger partial charge in [0.2, 0.25) is 0 Å². The first-order valence-corrected chi connectivity index (χ1v) is 7.58. The Bertz CT molecular complexity index is 787. The highest BCUT2D eigenvalue weighted by Crippen LogP contribution is 2.18. The van der Waals surface area contributed by atoms with E-state index in [1.165, 1.54) is 29.9 Å². The summed E-state index contributed by atoms with van der Waals surface area (Å²) in [5.41, 5.74) is 0.221. The van der Waals surface area contributed by atoms with Crippen molar-refractivity contribution >= 4 is 33.3 Å². The van der Waals surface area contributed by atoms with Gasteiger partial charge in [-0.2, -0.15) is 0 Å². The van der Waals surface area contributed by atoms with Crippen LogP contribution in [0.15, 0.2) is 29.6 Å². The molecule has 0 aromatic carbocycles. The first-order valence-electron chi connectivity index (χ1n) is 5.72. The van der Waals surface area contributed by atoms with Gasteiger partial charge in [-0.05, 0) is 6.07 Å². The molecule has 2 aromatic rings. The molecule has 2 aromatic heterocycles. The molecule has 0 bridgehead atoms. The molecular weight excluding hydrogens is 318 g/mol. The van der Waals surface area contributed by atoms with Gasteiger partial charge in [0.1, 0.15) is 27.9 Å². The number of aromatic nitrogens is 3. The minimum Gasteiger partial charge on any atom is -0.354 e. The van der Waals surface area contributed by atoms with Crippen LogP contribution >= 0.6 is 11.6 Å². The van der Waals surface area contributed by atoms with Crippen molar-refractivity contribution in [3.05, 3.63) is 35.5 Å². The predicted octanol–water partition coefficient (Wildman–Crippen LogP) is 0.629. The van der Waals surface area contributed by atoms with E-state index in [-0.39, 0.29) is 27.5 Å². The quantitative estimate of drug-likeness (QED) is 0.800. The smallest absolute Gasteiger partial charge is 0.267 e. The van der Waals surface area contributed by atoms with Gasteiger partial charge in [-0.25, -0.2) is 18.4 Å². The summed E-state index contributed by atoms with van der Waals surface area (Å²) in [6.45, 7) is 0. The number of nitrogens with zero attached hydrogens (tertiary/aromatic N) is 3. The second-order valence-electron chi connectivity index (χ2n) is 4.08. The monoisotopic (exact) mass is 329 g/mol. The molecule has 0 saturated carbocycles. The van der Waals surface area contributed by atoms with E-state index in [1.54, 1.807) is 7.05 Å². The van der Waals surface area contributed by atoms with Crippen LogP contribution in [-0.2, 0) is 17.1 Å². The van der Waals surface area contributed by atoms with Gasteiger partial charge in [-0.15, -0.1) is 0 Å². The van der Waals surface area contributed by atoms with Crippen molar-refractivity contribution in [2.75, 3.05) is 11.8 Å². The van der Waals surface area contributed by atoms with Crippen molar-refractivity contribution in [3.63, 3.8) is 0 Å². The molecule has 0 fully saturated rings. The van der Waals surface area contributed by atoms with Gasteiger partial charge in [-0.3, -0.25) is 9.52 Å². The highest BCUT2D eigenvalue weighted by atomic mass is 35.5. The number of hydrogen-bond acceptors (Lipinski definition) is 5. The predicted molar refractivity (Wildman–Crippen MR) is 76.7 cm³/mol. The lowest BCUT2D eigenvalue weighted by Crippen LogP contribution is -2.20. The Hall–Kier alpha value is -2.13. The van der Waals surface area contributed by atoms with Crippen molar-refractivity contribution < 1.29 is 13.2 Å². The minimum atomic E-state index is -3.87. The number of halogens is 1. The van der Waals surface area contributed by atoms with Gasteiger partial charge in [0.05, 0.1) is 0 Å². The third kappa shape index (κ3) is 3.31. The lowest BCUT2D eigenvalue weighted by atomic mass is 10.4. The molecule has 0 aliphatic rings. The van der Waals surface area contributed by atoms with Crippen LogP contribution in [0.5, 0.6) is 0 Å². The van der Waals surface area contributed by atoms with E-state index < -0.39 is 10.0 Å². The number of anilines is 1. The van der Waals surface area contributed by atoms with Gasteiger partial charge in [0.15, 0.2) is 0 Å². The molecule has 0 saturated heterocycles. The van der Waals surface area contributed by atoms with Gasteiger partial charge in [0.25, 0.3) is 15.9 Å². The molecule has 0 atom stereocenters. The first kappa shape index (κ1) is 15.3. The van der Waals surface area contributed by atoms with E-state index in [1.807, 2.05) is 0 Å². The Morgan fingerprint density at radius 3 is 2.67 bits per heavy atom. The Labute approximate surface area is 126 Å². The topological polar surface area (TPSA) is 106 Å². The Balaban J connectivity index is 2.34. The summed E-state index contributed by atoms with van der Waals surface area (Å²) in [5.74, 6) is -0.343. The van der Waals surface area contributed by atoms with Crippen LogP contribution in [0.1, 0.15) is 10.5 Å². The molecule has 0 radical (unpaired) electrons. The number of carbonyl (C=O) groups is 1. The third-order valence-electron chi connectivity index (χ3n) is 2.62. The van der Waals surface area contributed by atoms with Crippen LogP contribution in [0, 0.1) is 0 Å². The first-order chi connectivity index (χ1) is 9.83. The molecule has 112 valence electrons. The largest absolute Gasteiger partial charge is 0.354 e. The second-order valence-corrected chi connectivity index (χ2v) is 6.15. The Morgan fingerprint density at radius 2 is 2.05 bits per heavy atom. The number of carbonyl (C=O) groups excluding carboxylic acids is 1. The zero-order chi connectivity index (χ0) is 15.6. The molecule has 21 heavy (non-hydrogen) atoms. The highest BCUT2D eigenvalue weighted by Gasteiger charge is 2.20. The Kier molecular flexibility index (Phi) is 4.14. The average Bonchev–Trinajstić information content (AvgIpc) is 2.80. The summed E-state index contributed by atoms with van der Waals surface area (Å²) >= 11 is 5.67. The van der Waals surface area contributed by atoms with E-state index in [2.05, 4.69) is 20.0 Å². The van der Waals surface area contributed by atoms with E-state index in [4.69, 9.17) is 11.6 Å². The molecule has 2 N–H and O–H groups in total. The maximum Gasteiger partial charge on any atom is 0.267 e. The summed E-state index contributed by atoms with van der Waals surface area (Å²) < 4.78 is 28.1. The van der Waals surface area contributed by atoms with Crippen molar-refractivity contribution in [1.29, 1.82) is 0 Å². The lowest BCUT2D eigenvalue weighted by molar-refractivity contribution is 0.0955. The fourth-order valence-corrected chi connectivity index (χ4v) is 2.84. The molecule has 0 spiro atoms. The summed E-state index contributed by atoms with van der Waals surface area (Å²) in [7, 11) is -0.836. The molecule has 1 amide bonds. The SMILES string of the molecule is CNC(=O)c1cc(S(=O)(=O)Nc2cc(Cl)ncn2)cn1C. The molecular formula is C11H12ClN5O3S. The second kappa shape index (κ2) is 5.70. The number of nitrogens with one attached hydrogen (secondary N) is 2. The van der Waals surface area contributed by atoms with Crippen LogP contribution in [0.2, 0.25) is 5.15 Å². The fraction of sp³-hybridized carbons (Fsp3) is 0.182. The maximum atomic E-state index is 12.2. The van der Waals surface area contributed by atoms with Crippen LogP contribution in [-0.4, -0.2) is 35.9 Å². The molecule has 8 nitrogen and oxygen atoms in total. The fourth-order valence-electron chi connectivity index (χ4n) is 1.62.